The fourth-order valence-electron chi connectivity index (χ4n) is 1.72. The highest BCUT2D eigenvalue weighted by Gasteiger charge is 2.12. The predicted octanol–water partition coefficient (Wildman–Crippen LogP) is 1.22. The van der Waals surface area contributed by atoms with Gasteiger partial charge in [-0.3, -0.25) is 5.32 Å². The fourth-order valence-corrected chi connectivity index (χ4v) is 1.72. The molecule has 1 aliphatic heterocycles. The van der Waals surface area contributed by atoms with Gasteiger partial charge in [0.2, 0.25) is 0 Å². The van der Waals surface area contributed by atoms with Crippen molar-refractivity contribution in [1.29, 1.82) is 0 Å². The SMILES string of the molecule is CNC(O)c1ccc2c(c1)CCCO2. The van der Waals surface area contributed by atoms with E-state index in [9.17, 15) is 5.11 Å². The van der Waals surface area contributed by atoms with E-state index in [2.05, 4.69) is 5.32 Å². The number of hydrogen-bond donors (Lipinski definition) is 2. The number of ether oxygens (including phenoxy) is 1. The molecule has 0 spiro atoms. The van der Waals surface area contributed by atoms with E-state index < -0.39 is 6.23 Å². The lowest BCUT2D eigenvalue weighted by atomic mass is 10.0. The lowest BCUT2D eigenvalue weighted by Gasteiger charge is -2.19. The quantitative estimate of drug-likeness (QED) is 0.694. The minimum atomic E-state index is -0.581. The third-order valence-electron chi connectivity index (χ3n) is 2.52. The van der Waals surface area contributed by atoms with Crippen molar-refractivity contribution in [1.82, 2.24) is 5.32 Å². The summed E-state index contributed by atoms with van der Waals surface area (Å²) < 4.78 is 5.49. The Bertz CT molecular complexity index is 325. The van der Waals surface area contributed by atoms with E-state index in [4.69, 9.17) is 4.74 Å². The molecule has 0 bridgehead atoms. The van der Waals surface area contributed by atoms with Gasteiger partial charge in [-0.1, -0.05) is 6.07 Å². The highest BCUT2D eigenvalue weighted by Crippen LogP contribution is 2.27. The topological polar surface area (TPSA) is 41.5 Å². The zero-order chi connectivity index (χ0) is 9.97. The maximum absolute atomic E-state index is 9.58. The highest BCUT2D eigenvalue weighted by atomic mass is 16.5. The average Bonchev–Trinajstić information content (AvgIpc) is 2.27. The molecule has 1 unspecified atom stereocenters. The number of aliphatic hydroxyl groups excluding tert-OH is 1. The summed E-state index contributed by atoms with van der Waals surface area (Å²) in [6, 6.07) is 5.84. The van der Waals surface area contributed by atoms with Crippen molar-refractivity contribution in [2.45, 2.75) is 19.1 Å². The molecule has 0 aliphatic carbocycles. The summed E-state index contributed by atoms with van der Waals surface area (Å²) in [7, 11) is 1.74. The van der Waals surface area contributed by atoms with Crippen LogP contribution in [0.2, 0.25) is 0 Å². The number of aryl methyl sites for hydroxylation is 1. The normalized spacial score (nSPS) is 17.0. The molecule has 3 nitrogen and oxygen atoms in total. The Morgan fingerprint density at radius 2 is 2.36 bits per heavy atom. The monoisotopic (exact) mass is 193 g/mol. The second-order valence-corrected chi connectivity index (χ2v) is 3.51. The molecule has 1 aromatic carbocycles. The van der Waals surface area contributed by atoms with Crippen LogP contribution in [0.4, 0.5) is 0 Å². The summed E-state index contributed by atoms with van der Waals surface area (Å²) in [5.74, 6) is 0.961. The molecule has 1 atom stereocenters. The molecule has 1 aromatic rings. The number of nitrogens with one attached hydrogen (secondary N) is 1. The van der Waals surface area contributed by atoms with Gasteiger partial charge in [-0.2, -0.15) is 0 Å². The first-order valence-corrected chi connectivity index (χ1v) is 4.92. The summed E-state index contributed by atoms with van der Waals surface area (Å²) in [6.45, 7) is 0.806. The molecule has 0 radical (unpaired) electrons. The minimum absolute atomic E-state index is 0.581. The van der Waals surface area contributed by atoms with Gasteiger partial charge in [0.1, 0.15) is 12.0 Å². The van der Waals surface area contributed by atoms with Gasteiger partial charge in [-0.15, -0.1) is 0 Å². The molecule has 76 valence electrons. The second-order valence-electron chi connectivity index (χ2n) is 3.51. The Morgan fingerprint density at radius 3 is 3.14 bits per heavy atom. The van der Waals surface area contributed by atoms with Crippen molar-refractivity contribution >= 4 is 0 Å². The standard InChI is InChI=1S/C11H15NO2/c1-12-11(13)9-4-5-10-8(7-9)3-2-6-14-10/h4-5,7,11-13H,2-3,6H2,1H3. The van der Waals surface area contributed by atoms with E-state index in [1.807, 2.05) is 18.2 Å². The van der Waals surface area contributed by atoms with Crippen LogP contribution in [0.15, 0.2) is 18.2 Å². The molecule has 14 heavy (non-hydrogen) atoms. The molecule has 0 saturated carbocycles. The molecule has 2 N–H and O–H groups in total. The molecule has 0 fully saturated rings. The first-order chi connectivity index (χ1) is 6.81. The lowest BCUT2D eigenvalue weighted by molar-refractivity contribution is 0.149. The van der Waals surface area contributed by atoms with Crippen molar-refractivity contribution in [3.05, 3.63) is 29.3 Å². The van der Waals surface area contributed by atoms with Gasteiger partial charge in [-0.25, -0.2) is 0 Å². The van der Waals surface area contributed by atoms with E-state index in [-0.39, 0.29) is 0 Å². The molecule has 0 saturated heterocycles. The number of rotatable bonds is 2. The molecular formula is C11H15NO2. The van der Waals surface area contributed by atoms with E-state index in [0.717, 1.165) is 30.8 Å². The number of benzene rings is 1. The van der Waals surface area contributed by atoms with Crippen LogP contribution in [0.1, 0.15) is 23.8 Å². The van der Waals surface area contributed by atoms with Crippen LogP contribution in [0, 0.1) is 0 Å². The van der Waals surface area contributed by atoms with Crippen LogP contribution < -0.4 is 10.1 Å². The van der Waals surface area contributed by atoms with E-state index in [1.54, 1.807) is 7.05 Å². The van der Waals surface area contributed by atoms with Crippen LogP contribution in [0.5, 0.6) is 5.75 Å². The second kappa shape index (κ2) is 3.98. The first kappa shape index (κ1) is 9.49. The molecule has 1 aliphatic rings. The molecule has 2 rings (SSSR count). The maximum atomic E-state index is 9.58. The molecule has 0 amide bonds. The molecule has 0 aromatic heterocycles. The number of hydrogen-bond acceptors (Lipinski definition) is 3. The van der Waals surface area contributed by atoms with E-state index >= 15 is 0 Å². The molecule has 1 heterocycles. The lowest BCUT2D eigenvalue weighted by Crippen LogP contribution is -2.16. The van der Waals surface area contributed by atoms with Gasteiger partial charge in [0.25, 0.3) is 0 Å². The van der Waals surface area contributed by atoms with Crippen molar-refractivity contribution < 1.29 is 9.84 Å². The van der Waals surface area contributed by atoms with E-state index in [1.165, 1.54) is 5.56 Å². The van der Waals surface area contributed by atoms with Crippen molar-refractivity contribution in [2.24, 2.45) is 0 Å². The van der Waals surface area contributed by atoms with Gasteiger partial charge < -0.3 is 9.84 Å². The van der Waals surface area contributed by atoms with Gasteiger partial charge >= 0.3 is 0 Å². The van der Waals surface area contributed by atoms with E-state index in [0.29, 0.717) is 0 Å². The summed E-state index contributed by atoms with van der Waals surface area (Å²) >= 11 is 0. The Hall–Kier alpha value is -1.06. The molecular weight excluding hydrogens is 178 g/mol. The summed E-state index contributed by atoms with van der Waals surface area (Å²) in [4.78, 5) is 0. The smallest absolute Gasteiger partial charge is 0.130 e. The van der Waals surface area contributed by atoms with Gasteiger partial charge in [0, 0.05) is 0 Å². The zero-order valence-corrected chi connectivity index (χ0v) is 8.29. The first-order valence-electron chi connectivity index (χ1n) is 4.92. The average molecular weight is 193 g/mol. The third kappa shape index (κ3) is 1.74. The Balaban J connectivity index is 2.29. The minimum Gasteiger partial charge on any atom is -0.493 e. The number of fused-ring (bicyclic) bond motifs is 1. The predicted molar refractivity (Wildman–Crippen MR) is 54.3 cm³/mol. The Kier molecular flexibility index (Phi) is 2.70. The summed E-state index contributed by atoms with van der Waals surface area (Å²) in [6.07, 6.45) is 1.52. The summed E-state index contributed by atoms with van der Waals surface area (Å²) in [5.41, 5.74) is 2.10. The van der Waals surface area contributed by atoms with Crippen molar-refractivity contribution in [3.63, 3.8) is 0 Å². The highest BCUT2D eigenvalue weighted by molar-refractivity contribution is 5.39. The van der Waals surface area contributed by atoms with Crippen LogP contribution in [0.25, 0.3) is 0 Å². The van der Waals surface area contributed by atoms with Crippen LogP contribution in [-0.2, 0) is 6.42 Å². The Labute approximate surface area is 83.7 Å². The van der Waals surface area contributed by atoms with Crippen molar-refractivity contribution in [2.75, 3.05) is 13.7 Å². The Morgan fingerprint density at radius 1 is 1.50 bits per heavy atom. The van der Waals surface area contributed by atoms with Gasteiger partial charge in [0.15, 0.2) is 0 Å². The van der Waals surface area contributed by atoms with Crippen LogP contribution in [-0.4, -0.2) is 18.8 Å². The van der Waals surface area contributed by atoms with Crippen LogP contribution in [0.3, 0.4) is 0 Å². The van der Waals surface area contributed by atoms with Crippen LogP contribution >= 0.6 is 0 Å². The zero-order valence-electron chi connectivity index (χ0n) is 8.29. The van der Waals surface area contributed by atoms with Crippen molar-refractivity contribution in [3.8, 4) is 5.75 Å². The number of aliphatic hydroxyl groups is 1. The fraction of sp³-hybridized carbons (Fsp3) is 0.455. The third-order valence-corrected chi connectivity index (χ3v) is 2.52. The largest absolute Gasteiger partial charge is 0.493 e. The van der Waals surface area contributed by atoms with Gasteiger partial charge in [0.05, 0.1) is 6.61 Å². The van der Waals surface area contributed by atoms with Gasteiger partial charge in [-0.05, 0) is 43.1 Å². The summed E-state index contributed by atoms with van der Waals surface area (Å²) in [5, 5.41) is 12.4. The molecule has 3 heteroatoms. The maximum Gasteiger partial charge on any atom is 0.130 e.